The summed E-state index contributed by atoms with van der Waals surface area (Å²) in [6.45, 7) is 3.10. The van der Waals surface area contributed by atoms with Crippen LogP contribution in [0.1, 0.15) is 30.6 Å². The first-order valence-electron chi connectivity index (χ1n) is 6.98. The molecule has 0 heterocycles. The van der Waals surface area contributed by atoms with Crippen LogP contribution in [0, 0.1) is 0 Å². The minimum absolute atomic E-state index is 0.0685. The van der Waals surface area contributed by atoms with Gasteiger partial charge in [0.25, 0.3) is 5.91 Å². The van der Waals surface area contributed by atoms with Crippen molar-refractivity contribution < 1.29 is 23.9 Å². The van der Waals surface area contributed by atoms with Crippen LogP contribution in [0.15, 0.2) is 18.2 Å². The molecule has 0 aliphatic rings. The Bertz CT molecular complexity index is 591. The molecule has 8 heteroatoms. The number of nitrogens with one attached hydrogen (secondary N) is 2. The summed E-state index contributed by atoms with van der Waals surface area (Å²) in [6, 6.07) is 3.74. The minimum Gasteiger partial charge on any atom is -0.496 e. The highest BCUT2D eigenvalue weighted by Gasteiger charge is 2.17. The van der Waals surface area contributed by atoms with Gasteiger partial charge in [0.1, 0.15) is 11.3 Å². The second kappa shape index (κ2) is 8.99. The van der Waals surface area contributed by atoms with Crippen molar-refractivity contribution in [2.24, 2.45) is 0 Å². The number of hydrogen-bond acceptors (Lipinski definition) is 5. The van der Waals surface area contributed by atoms with Crippen molar-refractivity contribution in [3.63, 3.8) is 0 Å². The molecule has 0 saturated heterocycles. The van der Waals surface area contributed by atoms with Gasteiger partial charge in [0.2, 0.25) is 0 Å². The van der Waals surface area contributed by atoms with Gasteiger partial charge >= 0.3 is 12.0 Å². The number of urea groups is 1. The fourth-order valence-corrected chi connectivity index (χ4v) is 1.75. The topological polar surface area (TPSA) is 93.7 Å². The van der Waals surface area contributed by atoms with Crippen LogP contribution in [-0.2, 0) is 9.53 Å². The first-order chi connectivity index (χ1) is 10.9. The van der Waals surface area contributed by atoms with E-state index in [9.17, 15) is 14.4 Å². The van der Waals surface area contributed by atoms with Crippen molar-refractivity contribution in [2.45, 2.75) is 26.3 Å². The van der Waals surface area contributed by atoms with Crippen molar-refractivity contribution in [3.05, 3.63) is 28.8 Å². The Balaban J connectivity index is 2.54. The molecule has 23 heavy (non-hydrogen) atoms. The summed E-state index contributed by atoms with van der Waals surface area (Å²) in [5.74, 6) is -1.24. The SMILES string of the molecule is CC[C@@H](C)NC(=O)NC(=O)COC(=O)c1cc(Cl)ccc1OC. The second-order valence-corrected chi connectivity index (χ2v) is 5.19. The van der Waals surface area contributed by atoms with Crippen LogP contribution in [0.4, 0.5) is 4.79 Å². The Morgan fingerprint density at radius 2 is 2.00 bits per heavy atom. The van der Waals surface area contributed by atoms with Gasteiger partial charge < -0.3 is 14.8 Å². The molecular weight excluding hydrogens is 324 g/mol. The fraction of sp³-hybridized carbons (Fsp3) is 0.400. The predicted octanol–water partition coefficient (Wildman–Crippen LogP) is 2.13. The van der Waals surface area contributed by atoms with E-state index in [-0.39, 0.29) is 17.4 Å². The summed E-state index contributed by atoms with van der Waals surface area (Å²) >= 11 is 5.82. The van der Waals surface area contributed by atoms with Crippen molar-refractivity contribution in [3.8, 4) is 5.75 Å². The van der Waals surface area contributed by atoms with E-state index < -0.39 is 24.5 Å². The van der Waals surface area contributed by atoms with Gasteiger partial charge in [0.05, 0.1) is 7.11 Å². The van der Waals surface area contributed by atoms with Crippen LogP contribution in [0.25, 0.3) is 0 Å². The highest BCUT2D eigenvalue weighted by molar-refractivity contribution is 6.31. The Morgan fingerprint density at radius 3 is 2.61 bits per heavy atom. The van der Waals surface area contributed by atoms with Gasteiger partial charge in [-0.3, -0.25) is 10.1 Å². The van der Waals surface area contributed by atoms with Gasteiger partial charge in [-0.2, -0.15) is 0 Å². The van der Waals surface area contributed by atoms with Gasteiger partial charge in [-0.15, -0.1) is 0 Å². The molecule has 1 rings (SSSR count). The van der Waals surface area contributed by atoms with Crippen LogP contribution in [0.2, 0.25) is 5.02 Å². The van der Waals surface area contributed by atoms with E-state index in [0.717, 1.165) is 6.42 Å². The van der Waals surface area contributed by atoms with E-state index >= 15 is 0 Å². The number of rotatable bonds is 6. The highest BCUT2D eigenvalue weighted by atomic mass is 35.5. The van der Waals surface area contributed by atoms with Gasteiger partial charge in [-0.1, -0.05) is 18.5 Å². The number of carbonyl (C=O) groups excluding carboxylic acids is 3. The first kappa shape index (κ1) is 18.8. The molecule has 1 aromatic carbocycles. The van der Waals surface area contributed by atoms with E-state index in [0.29, 0.717) is 5.02 Å². The van der Waals surface area contributed by atoms with E-state index in [2.05, 4.69) is 10.6 Å². The number of amides is 3. The lowest BCUT2D eigenvalue weighted by Gasteiger charge is -2.12. The number of imide groups is 1. The van der Waals surface area contributed by atoms with Crippen molar-refractivity contribution in [2.75, 3.05) is 13.7 Å². The molecular formula is C15H19ClN2O5. The van der Waals surface area contributed by atoms with Gasteiger partial charge in [-0.25, -0.2) is 9.59 Å². The molecule has 0 aromatic heterocycles. The lowest BCUT2D eigenvalue weighted by molar-refractivity contribution is -0.123. The number of ether oxygens (including phenoxy) is 2. The lowest BCUT2D eigenvalue weighted by Crippen LogP contribution is -2.44. The van der Waals surface area contributed by atoms with Crippen molar-refractivity contribution >= 4 is 29.5 Å². The smallest absolute Gasteiger partial charge is 0.342 e. The number of hydrogen-bond donors (Lipinski definition) is 2. The van der Waals surface area contributed by atoms with Crippen LogP contribution < -0.4 is 15.4 Å². The normalized spacial score (nSPS) is 11.3. The molecule has 7 nitrogen and oxygen atoms in total. The third-order valence-electron chi connectivity index (χ3n) is 2.96. The quantitative estimate of drug-likeness (QED) is 0.772. The summed E-state index contributed by atoms with van der Waals surface area (Å²) in [4.78, 5) is 35.0. The standard InChI is InChI=1S/C15H19ClN2O5/c1-4-9(2)17-15(21)18-13(19)8-23-14(20)11-7-10(16)5-6-12(11)22-3/h5-7,9H,4,8H2,1-3H3,(H2,17,18,19,21)/t9-/m1/s1. The van der Waals surface area contributed by atoms with Crippen LogP contribution in [0.3, 0.4) is 0 Å². The molecule has 0 fully saturated rings. The second-order valence-electron chi connectivity index (χ2n) is 4.75. The number of halogens is 1. The molecule has 1 aromatic rings. The molecule has 2 N–H and O–H groups in total. The predicted molar refractivity (Wildman–Crippen MR) is 84.7 cm³/mol. The monoisotopic (exact) mass is 342 g/mol. The maximum atomic E-state index is 11.9. The highest BCUT2D eigenvalue weighted by Crippen LogP contribution is 2.23. The minimum atomic E-state index is -0.776. The zero-order valence-electron chi connectivity index (χ0n) is 13.1. The summed E-state index contributed by atoms with van der Waals surface area (Å²) in [7, 11) is 1.39. The summed E-state index contributed by atoms with van der Waals surface area (Å²) < 4.78 is 9.87. The summed E-state index contributed by atoms with van der Waals surface area (Å²) in [6.07, 6.45) is 0.727. The molecule has 0 aliphatic carbocycles. The Labute approximate surface area is 139 Å². The van der Waals surface area contributed by atoms with E-state index in [1.807, 2.05) is 6.92 Å². The zero-order chi connectivity index (χ0) is 17.4. The Morgan fingerprint density at radius 1 is 1.30 bits per heavy atom. The van der Waals surface area contributed by atoms with Gasteiger partial charge in [0.15, 0.2) is 6.61 Å². The third kappa shape index (κ3) is 6.15. The molecule has 1 atom stereocenters. The average molecular weight is 343 g/mol. The third-order valence-corrected chi connectivity index (χ3v) is 3.19. The van der Waals surface area contributed by atoms with Crippen LogP contribution in [0.5, 0.6) is 5.75 Å². The summed E-state index contributed by atoms with van der Waals surface area (Å²) in [5, 5.41) is 4.95. The average Bonchev–Trinajstić information content (AvgIpc) is 2.52. The maximum absolute atomic E-state index is 11.9. The molecule has 0 unspecified atom stereocenters. The van der Waals surface area contributed by atoms with Crippen LogP contribution >= 0.6 is 11.6 Å². The van der Waals surface area contributed by atoms with E-state index in [1.165, 1.54) is 19.2 Å². The largest absolute Gasteiger partial charge is 0.496 e. The maximum Gasteiger partial charge on any atom is 0.342 e. The van der Waals surface area contributed by atoms with Crippen LogP contribution in [-0.4, -0.2) is 37.7 Å². The summed E-state index contributed by atoms with van der Waals surface area (Å²) in [5.41, 5.74) is 0.0943. The number of carbonyl (C=O) groups is 3. The van der Waals surface area contributed by atoms with Gasteiger partial charge in [0, 0.05) is 11.1 Å². The lowest BCUT2D eigenvalue weighted by atomic mass is 10.2. The molecule has 0 aliphatic heterocycles. The zero-order valence-corrected chi connectivity index (χ0v) is 13.9. The van der Waals surface area contributed by atoms with Crippen molar-refractivity contribution in [1.29, 1.82) is 0 Å². The fourth-order valence-electron chi connectivity index (χ4n) is 1.57. The molecule has 0 spiro atoms. The molecule has 126 valence electrons. The number of benzene rings is 1. The van der Waals surface area contributed by atoms with E-state index in [4.69, 9.17) is 21.1 Å². The van der Waals surface area contributed by atoms with Gasteiger partial charge in [-0.05, 0) is 31.5 Å². The first-order valence-corrected chi connectivity index (χ1v) is 7.36. The molecule has 3 amide bonds. The number of esters is 1. The Kier molecular flexibility index (Phi) is 7.34. The number of methoxy groups -OCH3 is 1. The molecule has 0 bridgehead atoms. The molecule has 0 saturated carbocycles. The van der Waals surface area contributed by atoms with Crippen molar-refractivity contribution in [1.82, 2.24) is 10.6 Å². The van der Waals surface area contributed by atoms with E-state index in [1.54, 1.807) is 13.0 Å². The molecule has 0 radical (unpaired) electrons. The Hall–Kier alpha value is -2.28.